The second-order valence-corrected chi connectivity index (χ2v) is 5.54. The van der Waals surface area contributed by atoms with Crippen LogP contribution < -0.4 is 15.8 Å². The van der Waals surface area contributed by atoms with E-state index in [4.69, 9.17) is 15.2 Å². The number of amides is 1. The van der Waals surface area contributed by atoms with Gasteiger partial charge < -0.3 is 20.5 Å². The Hall–Kier alpha value is -3.53. The van der Waals surface area contributed by atoms with Crippen molar-refractivity contribution in [1.29, 1.82) is 5.26 Å². The van der Waals surface area contributed by atoms with Crippen LogP contribution >= 0.6 is 0 Å². The van der Waals surface area contributed by atoms with E-state index < -0.39 is 17.3 Å². The van der Waals surface area contributed by atoms with Crippen LogP contribution in [-0.2, 0) is 19.7 Å². The number of carbonyl (C=O) groups excluding carboxylic acids is 2. The number of hydrogen-bond acceptors (Lipinski definition) is 6. The van der Waals surface area contributed by atoms with E-state index in [2.05, 4.69) is 11.9 Å². The number of carbonyl (C=O) groups is 2. The van der Waals surface area contributed by atoms with Gasteiger partial charge in [-0.1, -0.05) is 30.9 Å². The maximum absolute atomic E-state index is 13.0. The number of ether oxygens (including phenoxy) is 2. The van der Waals surface area contributed by atoms with Crippen molar-refractivity contribution < 1.29 is 19.1 Å². The highest BCUT2D eigenvalue weighted by Gasteiger charge is 2.59. The first-order valence-electron chi connectivity index (χ1n) is 7.47. The molecule has 0 bridgehead atoms. The second-order valence-electron chi connectivity index (χ2n) is 5.54. The molecule has 0 aliphatic carbocycles. The summed E-state index contributed by atoms with van der Waals surface area (Å²) in [6, 6.07) is 8.56. The Bertz CT molecular complexity index is 907. The summed E-state index contributed by atoms with van der Waals surface area (Å²) in [7, 11) is 0. The number of allylic oxidation sites excluding steroid dienone is 1. The number of fused-ring (bicyclic) bond motifs is 2. The lowest BCUT2D eigenvalue weighted by Crippen LogP contribution is -2.46. The van der Waals surface area contributed by atoms with Crippen LogP contribution in [0.3, 0.4) is 0 Å². The molecule has 1 spiro atoms. The SMILES string of the molecule is C=CCOC(=O)C1=C(C)NC(=O)C12C(C#N)=C(N)Oc1ccccc12. The highest BCUT2D eigenvalue weighted by Crippen LogP contribution is 2.51. The van der Waals surface area contributed by atoms with Crippen LogP contribution in [0.25, 0.3) is 0 Å². The van der Waals surface area contributed by atoms with Crippen molar-refractivity contribution in [3.8, 4) is 11.8 Å². The summed E-state index contributed by atoms with van der Waals surface area (Å²) < 4.78 is 10.6. The number of nitrogens with one attached hydrogen (secondary N) is 1. The molecule has 7 heteroatoms. The molecule has 1 amide bonds. The highest BCUT2D eigenvalue weighted by molar-refractivity contribution is 6.12. The van der Waals surface area contributed by atoms with Crippen LogP contribution in [-0.4, -0.2) is 18.5 Å². The largest absolute Gasteiger partial charge is 0.458 e. The standard InChI is InChI=1S/C18H15N3O4/c1-3-8-24-16(22)14-10(2)21-17(23)18(14)11-6-4-5-7-13(11)25-15(20)12(18)9-19/h3-7H,1,8,20H2,2H3,(H,21,23). The maximum atomic E-state index is 13.0. The Kier molecular flexibility index (Phi) is 3.81. The lowest BCUT2D eigenvalue weighted by atomic mass is 9.68. The van der Waals surface area contributed by atoms with Crippen LogP contribution in [0.5, 0.6) is 5.75 Å². The van der Waals surface area contributed by atoms with Crippen molar-refractivity contribution >= 4 is 11.9 Å². The third kappa shape index (κ3) is 2.11. The molecule has 2 heterocycles. The Morgan fingerprint density at radius 1 is 1.52 bits per heavy atom. The quantitative estimate of drug-likeness (QED) is 0.631. The second kappa shape index (κ2) is 5.83. The number of nitriles is 1. The molecule has 0 saturated carbocycles. The van der Waals surface area contributed by atoms with Crippen molar-refractivity contribution in [3.63, 3.8) is 0 Å². The van der Waals surface area contributed by atoms with E-state index in [1.165, 1.54) is 6.08 Å². The van der Waals surface area contributed by atoms with Gasteiger partial charge in [0.15, 0.2) is 5.41 Å². The minimum atomic E-state index is -1.70. The summed E-state index contributed by atoms with van der Waals surface area (Å²) in [4.78, 5) is 25.6. The molecule has 1 aromatic carbocycles. The van der Waals surface area contributed by atoms with Crippen molar-refractivity contribution in [2.45, 2.75) is 12.3 Å². The lowest BCUT2D eigenvalue weighted by Gasteiger charge is -2.34. The van der Waals surface area contributed by atoms with Gasteiger partial charge >= 0.3 is 5.97 Å². The first kappa shape index (κ1) is 16.3. The average Bonchev–Trinajstić information content (AvgIpc) is 2.84. The number of hydrogen-bond donors (Lipinski definition) is 2. The summed E-state index contributed by atoms with van der Waals surface area (Å²) in [5, 5.41) is 12.3. The van der Waals surface area contributed by atoms with Gasteiger partial charge in [-0.15, -0.1) is 0 Å². The Balaban J connectivity index is 2.33. The first-order valence-corrected chi connectivity index (χ1v) is 7.47. The summed E-state index contributed by atoms with van der Waals surface area (Å²) in [5.41, 5.74) is 4.73. The van der Waals surface area contributed by atoms with E-state index in [1.54, 1.807) is 31.2 Å². The van der Waals surface area contributed by atoms with Gasteiger partial charge in [-0.05, 0) is 13.0 Å². The number of nitrogens with two attached hydrogens (primary N) is 1. The predicted molar refractivity (Wildman–Crippen MR) is 87.6 cm³/mol. The molecular weight excluding hydrogens is 322 g/mol. The zero-order valence-electron chi connectivity index (χ0n) is 13.5. The topological polar surface area (TPSA) is 114 Å². The number of nitrogens with zero attached hydrogens (tertiary/aromatic N) is 1. The molecule has 7 nitrogen and oxygen atoms in total. The minimum absolute atomic E-state index is 0.0228. The Morgan fingerprint density at radius 3 is 2.92 bits per heavy atom. The number of rotatable bonds is 3. The Labute approximate surface area is 144 Å². The van der Waals surface area contributed by atoms with E-state index in [0.717, 1.165) is 0 Å². The van der Waals surface area contributed by atoms with E-state index in [9.17, 15) is 14.9 Å². The highest BCUT2D eigenvalue weighted by atomic mass is 16.5. The lowest BCUT2D eigenvalue weighted by molar-refractivity contribution is -0.139. The van der Waals surface area contributed by atoms with Crippen molar-refractivity contribution in [2.24, 2.45) is 5.73 Å². The van der Waals surface area contributed by atoms with E-state index in [1.807, 2.05) is 6.07 Å². The van der Waals surface area contributed by atoms with Gasteiger partial charge in [-0.2, -0.15) is 5.26 Å². The summed E-state index contributed by atoms with van der Waals surface area (Å²) in [5.74, 6) is -1.20. The van der Waals surface area contributed by atoms with Crippen molar-refractivity contribution in [1.82, 2.24) is 5.32 Å². The molecule has 0 fully saturated rings. The van der Waals surface area contributed by atoms with Gasteiger partial charge in [-0.25, -0.2) is 4.79 Å². The van der Waals surface area contributed by atoms with Gasteiger partial charge in [0.05, 0.1) is 5.57 Å². The molecule has 3 rings (SSSR count). The summed E-state index contributed by atoms with van der Waals surface area (Å²) >= 11 is 0. The van der Waals surface area contributed by atoms with Crippen LogP contribution in [0.4, 0.5) is 0 Å². The van der Waals surface area contributed by atoms with Gasteiger partial charge in [-0.3, -0.25) is 4.79 Å². The molecular formula is C18H15N3O4. The van der Waals surface area contributed by atoms with Gasteiger partial charge in [0.25, 0.3) is 0 Å². The van der Waals surface area contributed by atoms with E-state index in [0.29, 0.717) is 17.0 Å². The number of benzene rings is 1. The predicted octanol–water partition coefficient (Wildman–Crippen LogP) is 1.14. The fourth-order valence-corrected chi connectivity index (χ4v) is 3.22. The van der Waals surface area contributed by atoms with Crippen LogP contribution in [0.2, 0.25) is 0 Å². The summed E-state index contributed by atoms with van der Waals surface area (Å²) in [6.45, 7) is 5.04. The van der Waals surface area contributed by atoms with Crippen molar-refractivity contribution in [3.05, 3.63) is 65.2 Å². The molecule has 2 aliphatic heterocycles. The number of para-hydroxylation sites is 1. The Morgan fingerprint density at radius 2 is 2.24 bits per heavy atom. The molecule has 1 aromatic rings. The monoisotopic (exact) mass is 337 g/mol. The van der Waals surface area contributed by atoms with Crippen molar-refractivity contribution in [2.75, 3.05) is 6.61 Å². The van der Waals surface area contributed by atoms with Gasteiger partial charge in [0.2, 0.25) is 11.8 Å². The molecule has 0 saturated heterocycles. The van der Waals surface area contributed by atoms with E-state index in [-0.39, 0.29) is 23.6 Å². The average molecular weight is 337 g/mol. The molecule has 2 aliphatic rings. The van der Waals surface area contributed by atoms with Crippen LogP contribution in [0.1, 0.15) is 12.5 Å². The minimum Gasteiger partial charge on any atom is -0.458 e. The van der Waals surface area contributed by atoms with Gasteiger partial charge in [0.1, 0.15) is 24.0 Å². The van der Waals surface area contributed by atoms with Crippen LogP contribution in [0, 0.1) is 11.3 Å². The zero-order valence-corrected chi connectivity index (χ0v) is 13.5. The molecule has 1 unspecified atom stereocenters. The van der Waals surface area contributed by atoms with E-state index >= 15 is 0 Å². The van der Waals surface area contributed by atoms with Gasteiger partial charge in [0, 0.05) is 11.3 Å². The summed E-state index contributed by atoms with van der Waals surface area (Å²) in [6.07, 6.45) is 1.41. The number of esters is 1. The molecule has 25 heavy (non-hydrogen) atoms. The molecule has 0 aromatic heterocycles. The normalized spacial score (nSPS) is 21.4. The molecule has 0 radical (unpaired) electrons. The third-order valence-corrected chi connectivity index (χ3v) is 4.17. The zero-order chi connectivity index (χ0) is 18.2. The smallest absolute Gasteiger partial charge is 0.337 e. The molecule has 126 valence electrons. The van der Waals surface area contributed by atoms with Crippen LogP contribution in [0.15, 0.2) is 59.6 Å². The third-order valence-electron chi connectivity index (χ3n) is 4.17. The first-order chi connectivity index (χ1) is 12.0. The molecule has 1 atom stereocenters. The maximum Gasteiger partial charge on any atom is 0.337 e. The fourth-order valence-electron chi connectivity index (χ4n) is 3.22. The molecule has 3 N–H and O–H groups in total. The fraction of sp³-hybridized carbons (Fsp3) is 0.167.